The fourth-order valence-corrected chi connectivity index (χ4v) is 2.07. The van der Waals surface area contributed by atoms with E-state index in [1.54, 1.807) is 25.1 Å². The Morgan fingerprint density at radius 1 is 1.37 bits per heavy atom. The van der Waals surface area contributed by atoms with Gasteiger partial charge in [0.2, 0.25) is 5.91 Å². The third-order valence-corrected chi connectivity index (χ3v) is 3.17. The Hall–Kier alpha value is -1.69. The third kappa shape index (κ3) is 6.15. The molecule has 3 N–H and O–H groups in total. The van der Waals surface area contributed by atoms with Crippen LogP contribution in [-0.2, 0) is 14.3 Å². The number of benzene rings is 1. The molecule has 0 aromatic heterocycles. The van der Waals surface area contributed by atoms with Crippen LogP contribution in [0, 0.1) is 0 Å². The van der Waals surface area contributed by atoms with Crippen LogP contribution >= 0.6 is 11.8 Å². The molecule has 0 atom stereocenters. The van der Waals surface area contributed by atoms with Gasteiger partial charge >= 0.3 is 5.97 Å². The van der Waals surface area contributed by atoms with E-state index in [2.05, 4.69) is 5.32 Å². The lowest BCUT2D eigenvalue weighted by atomic mass is 10.2. The smallest absolute Gasteiger partial charge is 0.315 e. The summed E-state index contributed by atoms with van der Waals surface area (Å²) in [4.78, 5) is 22.7. The number of carbonyl (C=O) groups excluding carboxylic acids is 2. The molecule has 5 nitrogen and oxygen atoms in total. The fourth-order valence-electron chi connectivity index (χ4n) is 1.35. The second-order valence-corrected chi connectivity index (χ2v) is 4.85. The van der Waals surface area contributed by atoms with E-state index in [4.69, 9.17) is 10.5 Å². The van der Waals surface area contributed by atoms with Crippen LogP contribution in [-0.4, -0.2) is 30.0 Å². The maximum absolute atomic E-state index is 11.6. The van der Waals surface area contributed by atoms with Crippen molar-refractivity contribution in [1.29, 1.82) is 0 Å². The third-order valence-electron chi connectivity index (χ3n) is 2.23. The zero-order chi connectivity index (χ0) is 14.1. The molecule has 0 radical (unpaired) electrons. The highest BCUT2D eigenvalue weighted by molar-refractivity contribution is 7.99. The van der Waals surface area contributed by atoms with Crippen LogP contribution in [0.25, 0.3) is 0 Å². The summed E-state index contributed by atoms with van der Waals surface area (Å²) in [7, 11) is 0. The number of nitrogen functional groups attached to an aromatic ring is 1. The van der Waals surface area contributed by atoms with Gasteiger partial charge in [0.05, 0.1) is 23.7 Å². The van der Waals surface area contributed by atoms with E-state index < -0.39 is 0 Å². The number of nitrogens with one attached hydrogen (secondary N) is 1. The second-order valence-electron chi connectivity index (χ2n) is 3.74. The van der Waals surface area contributed by atoms with Crippen molar-refractivity contribution in [3.8, 4) is 0 Å². The minimum absolute atomic E-state index is 0.116. The van der Waals surface area contributed by atoms with Crippen molar-refractivity contribution in [2.75, 3.05) is 29.2 Å². The summed E-state index contributed by atoms with van der Waals surface area (Å²) in [5.74, 6) is 0.473. The highest BCUT2D eigenvalue weighted by Crippen LogP contribution is 2.17. The maximum Gasteiger partial charge on any atom is 0.315 e. The van der Waals surface area contributed by atoms with E-state index in [1.165, 1.54) is 11.8 Å². The Morgan fingerprint density at radius 3 is 2.79 bits per heavy atom. The maximum atomic E-state index is 11.6. The molecule has 0 fully saturated rings. The highest BCUT2D eigenvalue weighted by atomic mass is 32.2. The zero-order valence-corrected chi connectivity index (χ0v) is 11.7. The Balaban J connectivity index is 2.22. The number of nitrogens with two attached hydrogens (primary N) is 1. The Bertz CT molecular complexity index is 438. The Labute approximate surface area is 116 Å². The van der Waals surface area contributed by atoms with Crippen molar-refractivity contribution < 1.29 is 14.3 Å². The molecule has 0 aliphatic heterocycles. The molecule has 19 heavy (non-hydrogen) atoms. The number of hydrogen-bond donors (Lipinski definition) is 2. The van der Waals surface area contributed by atoms with Crippen molar-refractivity contribution in [1.82, 2.24) is 0 Å². The van der Waals surface area contributed by atoms with E-state index in [1.807, 2.05) is 6.07 Å². The first-order chi connectivity index (χ1) is 9.13. The predicted octanol–water partition coefficient (Wildman–Crippen LogP) is 1.89. The van der Waals surface area contributed by atoms with Crippen LogP contribution in [0.4, 0.5) is 11.4 Å². The van der Waals surface area contributed by atoms with Crippen LogP contribution in [0.1, 0.15) is 13.3 Å². The van der Waals surface area contributed by atoms with E-state index >= 15 is 0 Å². The molecule has 1 amide bonds. The zero-order valence-electron chi connectivity index (χ0n) is 10.8. The van der Waals surface area contributed by atoms with Gasteiger partial charge in [-0.2, -0.15) is 0 Å². The van der Waals surface area contributed by atoms with E-state index in [9.17, 15) is 9.59 Å². The van der Waals surface area contributed by atoms with Gasteiger partial charge in [0.15, 0.2) is 0 Å². The van der Waals surface area contributed by atoms with Crippen molar-refractivity contribution in [3.63, 3.8) is 0 Å². The van der Waals surface area contributed by atoms with Gasteiger partial charge in [-0.15, -0.1) is 11.8 Å². The van der Waals surface area contributed by atoms with Crippen LogP contribution in [0.15, 0.2) is 24.3 Å². The number of amides is 1. The lowest BCUT2D eigenvalue weighted by Crippen LogP contribution is -2.14. The summed E-state index contributed by atoms with van der Waals surface area (Å²) < 4.78 is 4.78. The van der Waals surface area contributed by atoms with Gasteiger partial charge in [-0.3, -0.25) is 9.59 Å². The van der Waals surface area contributed by atoms with Gasteiger partial charge in [0.1, 0.15) is 0 Å². The number of anilines is 2. The minimum atomic E-state index is -0.250. The summed E-state index contributed by atoms with van der Waals surface area (Å²) in [6.07, 6.45) is 0.332. The fraction of sp³-hybridized carbons (Fsp3) is 0.385. The molecule has 1 aromatic carbocycles. The molecule has 0 saturated carbocycles. The number of rotatable bonds is 7. The first-order valence-corrected chi connectivity index (χ1v) is 7.16. The van der Waals surface area contributed by atoms with Crippen LogP contribution < -0.4 is 11.1 Å². The Kier molecular flexibility index (Phi) is 6.81. The van der Waals surface area contributed by atoms with Crippen molar-refractivity contribution >= 4 is 35.0 Å². The summed E-state index contributed by atoms with van der Waals surface area (Å²) in [5, 5.41) is 2.73. The lowest BCUT2D eigenvalue weighted by molar-refractivity contribution is -0.139. The largest absolute Gasteiger partial charge is 0.465 e. The highest BCUT2D eigenvalue weighted by Gasteiger charge is 2.06. The molecule has 6 heteroatoms. The summed E-state index contributed by atoms with van der Waals surface area (Å²) in [6.45, 7) is 2.15. The van der Waals surface area contributed by atoms with Gasteiger partial charge in [-0.05, 0) is 19.1 Å². The van der Waals surface area contributed by atoms with Gasteiger partial charge in [0, 0.05) is 12.2 Å². The van der Waals surface area contributed by atoms with Crippen LogP contribution in [0.5, 0.6) is 0 Å². The molecule has 0 unspecified atom stereocenters. The van der Waals surface area contributed by atoms with E-state index in [0.717, 1.165) is 0 Å². The van der Waals surface area contributed by atoms with Crippen molar-refractivity contribution in [2.45, 2.75) is 13.3 Å². The summed E-state index contributed by atoms with van der Waals surface area (Å²) >= 11 is 1.38. The first kappa shape index (κ1) is 15.4. The monoisotopic (exact) mass is 282 g/mol. The average molecular weight is 282 g/mol. The molecular formula is C13H18N2O3S. The minimum Gasteiger partial charge on any atom is -0.465 e. The standard InChI is InChI=1S/C13H18N2O3S/c1-2-18-13(17)9-19-8-7-12(16)15-11-6-4-3-5-10(11)14/h3-6H,2,7-9,14H2,1H3,(H,15,16). The number of ether oxygens (including phenoxy) is 1. The van der Waals surface area contributed by atoms with Gasteiger partial charge in [-0.1, -0.05) is 12.1 Å². The molecule has 0 bridgehead atoms. The van der Waals surface area contributed by atoms with E-state index in [-0.39, 0.29) is 17.6 Å². The van der Waals surface area contributed by atoms with E-state index in [0.29, 0.717) is 30.2 Å². The summed E-state index contributed by atoms with van der Waals surface area (Å²) in [5.41, 5.74) is 6.87. The first-order valence-electron chi connectivity index (χ1n) is 6.01. The number of esters is 1. The molecule has 0 spiro atoms. The lowest BCUT2D eigenvalue weighted by Gasteiger charge is -2.07. The Morgan fingerprint density at radius 2 is 2.11 bits per heavy atom. The molecule has 0 saturated heterocycles. The van der Waals surface area contributed by atoms with Gasteiger partial charge < -0.3 is 15.8 Å². The second kappa shape index (κ2) is 8.42. The summed E-state index contributed by atoms with van der Waals surface area (Å²) in [6, 6.07) is 7.09. The number of thioether (sulfide) groups is 1. The quantitative estimate of drug-likeness (QED) is 0.453. The van der Waals surface area contributed by atoms with Crippen LogP contribution in [0.3, 0.4) is 0 Å². The molecule has 0 aliphatic carbocycles. The molecular weight excluding hydrogens is 264 g/mol. The number of hydrogen-bond acceptors (Lipinski definition) is 5. The molecule has 0 aliphatic rings. The van der Waals surface area contributed by atoms with Crippen molar-refractivity contribution in [3.05, 3.63) is 24.3 Å². The number of carbonyl (C=O) groups is 2. The van der Waals surface area contributed by atoms with Gasteiger partial charge in [0.25, 0.3) is 0 Å². The molecule has 1 aromatic rings. The topological polar surface area (TPSA) is 81.4 Å². The average Bonchev–Trinajstić information content (AvgIpc) is 2.38. The molecule has 0 heterocycles. The molecule has 1 rings (SSSR count). The molecule has 104 valence electrons. The SMILES string of the molecule is CCOC(=O)CSCCC(=O)Nc1ccccc1N. The normalized spacial score (nSPS) is 9.95. The predicted molar refractivity (Wildman–Crippen MR) is 78.1 cm³/mol. The number of para-hydroxylation sites is 2. The van der Waals surface area contributed by atoms with Gasteiger partial charge in [-0.25, -0.2) is 0 Å². The van der Waals surface area contributed by atoms with Crippen molar-refractivity contribution in [2.24, 2.45) is 0 Å². The van der Waals surface area contributed by atoms with Crippen LogP contribution in [0.2, 0.25) is 0 Å².